The average Bonchev–Trinajstić information content (AvgIpc) is 0.765. The lowest BCUT2D eigenvalue weighted by atomic mass is 9.92. The highest BCUT2D eigenvalue weighted by molar-refractivity contribution is 7.90. The highest BCUT2D eigenvalue weighted by Crippen LogP contribution is 2.40. The van der Waals surface area contributed by atoms with Crippen LogP contribution in [0.3, 0.4) is 0 Å². The molecular weight excluding hydrogens is 1600 g/mol. The standard InChI is InChI=1S/2C18H20FN5O4S.C17H16F3N5O3S.C17H19FN6O3S/c2*1-18(10-29(26,27)24(2)17(20)23-18)13-8-11(4-6-14(13)19)22-16(25)15-7-5-12(28-3)9-21-15;1-17(8-29(27,28)25(2)16(21)24-17)13-10(19)4-6-11(14(13)20)23-15(26)12-5-3-9(18)7-22-12;1-10-7-21-14(8-20-10)15(25)22-11-4-5-13(18)12(6-11)17(2)9-28(26,27)24(3)16(19)23-17/h2*4-9H,10H2,1-3H3,(H2,20,23)(H,22,25);3-7H,8H2,1-2H3,(H2,21,24)(H,23,26);4-8H,9H2,1-3H3,(H2,19,23)(H,22,25)/t2*18-;2*17-/m0000/s1. The molecule has 0 saturated carbocycles. The smallest absolute Gasteiger partial charge is 0.275 e. The number of methoxy groups -OCH3 is 2. The molecule has 610 valence electrons. The second-order valence-corrected chi connectivity index (χ2v) is 34.6. The third-order valence-corrected chi connectivity index (χ3v) is 25.7. The Balaban J connectivity index is 0.000000175. The molecule has 0 spiro atoms. The summed E-state index contributed by atoms with van der Waals surface area (Å²) in [5.74, 6) is -9.64. The first-order chi connectivity index (χ1) is 53.6. The van der Waals surface area contributed by atoms with Crippen LogP contribution < -0.4 is 53.7 Å². The van der Waals surface area contributed by atoms with Gasteiger partial charge >= 0.3 is 0 Å². The van der Waals surface area contributed by atoms with Gasteiger partial charge in [0.25, 0.3) is 23.6 Å². The summed E-state index contributed by atoms with van der Waals surface area (Å²) in [6.45, 7) is 7.38. The van der Waals surface area contributed by atoms with Gasteiger partial charge in [-0.15, -0.1) is 0 Å². The van der Waals surface area contributed by atoms with E-state index >= 15 is 4.39 Å². The number of carbonyl (C=O) groups excluding carboxylic acids is 4. The largest absolute Gasteiger partial charge is 0.495 e. The highest BCUT2D eigenvalue weighted by atomic mass is 32.2. The number of rotatable bonds is 14. The van der Waals surface area contributed by atoms with Crippen molar-refractivity contribution in [1.82, 2.24) is 42.1 Å². The molecule has 12 rings (SSSR count). The maximum absolute atomic E-state index is 15.1. The second-order valence-electron chi connectivity index (χ2n) is 26.6. The Bertz CT molecular complexity index is 5600. The number of sulfonamides is 4. The van der Waals surface area contributed by atoms with Gasteiger partial charge in [-0.1, -0.05) is 0 Å². The van der Waals surface area contributed by atoms with E-state index in [4.69, 9.17) is 32.4 Å². The van der Waals surface area contributed by atoms with Crippen LogP contribution in [0, 0.1) is 41.8 Å². The maximum Gasteiger partial charge on any atom is 0.275 e. The number of amides is 4. The van der Waals surface area contributed by atoms with Gasteiger partial charge < -0.3 is 53.7 Å². The van der Waals surface area contributed by atoms with Crippen molar-refractivity contribution in [3.63, 3.8) is 0 Å². The monoisotopic (exact) mass is 1680 g/mol. The summed E-state index contributed by atoms with van der Waals surface area (Å²) >= 11 is 0. The molecule has 4 atom stereocenters. The summed E-state index contributed by atoms with van der Waals surface area (Å²) in [4.78, 5) is 85.4. The predicted molar refractivity (Wildman–Crippen MR) is 412 cm³/mol. The number of carbonyl (C=O) groups is 4. The van der Waals surface area contributed by atoms with E-state index in [-0.39, 0.29) is 74.4 Å². The number of aliphatic imine (C=N–C) groups is 4. The van der Waals surface area contributed by atoms with Crippen LogP contribution >= 0.6 is 0 Å². The van der Waals surface area contributed by atoms with Gasteiger partial charge in [-0.2, -0.15) is 0 Å². The van der Waals surface area contributed by atoms with Crippen molar-refractivity contribution in [3.8, 4) is 11.5 Å². The Morgan fingerprint density at radius 1 is 0.391 bits per heavy atom. The number of hydrogen-bond donors (Lipinski definition) is 8. The third kappa shape index (κ3) is 19.4. The number of pyridine rings is 3. The van der Waals surface area contributed by atoms with E-state index in [0.717, 1.165) is 65.9 Å². The van der Waals surface area contributed by atoms with E-state index in [1.54, 1.807) is 19.1 Å². The molecule has 0 unspecified atom stereocenters. The molecule has 115 heavy (non-hydrogen) atoms. The van der Waals surface area contributed by atoms with Crippen molar-refractivity contribution < 1.29 is 88.7 Å². The van der Waals surface area contributed by atoms with Crippen molar-refractivity contribution in [2.45, 2.75) is 56.8 Å². The number of hydrogen-bond acceptors (Lipinski definition) is 27. The first-order valence-corrected chi connectivity index (χ1v) is 39.8. The number of nitrogens with two attached hydrogens (primary N) is 4. The van der Waals surface area contributed by atoms with Gasteiger partial charge in [0, 0.05) is 68.1 Å². The normalized spacial score (nSPS) is 20.8. The van der Waals surface area contributed by atoms with Crippen LogP contribution in [-0.4, -0.2) is 189 Å². The van der Waals surface area contributed by atoms with Crippen molar-refractivity contribution in [3.05, 3.63) is 220 Å². The Hall–Kier alpha value is -12.7. The van der Waals surface area contributed by atoms with Gasteiger partial charge in [-0.25, -0.2) is 117 Å². The van der Waals surface area contributed by atoms with Crippen molar-refractivity contribution in [2.75, 3.05) is 86.7 Å². The molecule has 4 aromatic heterocycles. The topological polar surface area (TPSA) is 502 Å². The number of nitrogens with one attached hydrogen (secondary N) is 4. The Kier molecular flexibility index (Phi) is 24.9. The van der Waals surface area contributed by atoms with Crippen molar-refractivity contribution in [1.29, 1.82) is 0 Å². The number of ether oxygens (including phenoxy) is 2. The van der Waals surface area contributed by atoms with Crippen molar-refractivity contribution in [2.24, 2.45) is 42.9 Å². The fraction of sp³-hybridized carbons (Fsp3) is 0.271. The Labute approximate surface area is 655 Å². The summed E-state index contributed by atoms with van der Waals surface area (Å²) in [5.41, 5.74) is 17.1. The molecule has 4 aromatic carbocycles. The molecule has 0 saturated heterocycles. The van der Waals surface area contributed by atoms with Gasteiger partial charge in [-0.3, -0.25) is 24.2 Å². The minimum Gasteiger partial charge on any atom is -0.495 e. The molecular formula is C70H75F6N21O14S4. The van der Waals surface area contributed by atoms with Crippen LogP contribution in [0.15, 0.2) is 154 Å². The Morgan fingerprint density at radius 3 is 1.02 bits per heavy atom. The third-order valence-electron chi connectivity index (χ3n) is 17.9. The zero-order valence-electron chi connectivity index (χ0n) is 62.8. The molecule has 4 aliphatic heterocycles. The summed E-state index contributed by atoms with van der Waals surface area (Å²) in [7, 11) is -7.29. The van der Waals surface area contributed by atoms with Crippen LogP contribution in [0.1, 0.15) is 97.6 Å². The van der Waals surface area contributed by atoms with Gasteiger partial charge in [-0.05, 0) is 138 Å². The van der Waals surface area contributed by atoms with Gasteiger partial charge in [0.15, 0.2) is 5.82 Å². The number of aromatic nitrogens is 5. The van der Waals surface area contributed by atoms with E-state index in [2.05, 4.69) is 66.2 Å². The molecule has 0 bridgehead atoms. The zero-order valence-corrected chi connectivity index (χ0v) is 66.0. The molecule has 35 nitrogen and oxygen atoms in total. The van der Waals surface area contributed by atoms with Crippen LogP contribution in [0.25, 0.3) is 0 Å². The van der Waals surface area contributed by atoms with Gasteiger partial charge in [0.2, 0.25) is 63.9 Å². The maximum atomic E-state index is 15.1. The fourth-order valence-electron chi connectivity index (χ4n) is 11.6. The van der Waals surface area contributed by atoms with Gasteiger partial charge in [0.05, 0.1) is 79.0 Å². The van der Waals surface area contributed by atoms with Crippen LogP contribution in [-0.2, 0) is 62.2 Å². The molecule has 8 heterocycles. The number of anilines is 4. The number of halogens is 6. The van der Waals surface area contributed by atoms with Crippen LogP contribution in [0.2, 0.25) is 0 Å². The summed E-state index contributed by atoms with van der Waals surface area (Å²) in [6.07, 6.45) is 6.38. The van der Waals surface area contributed by atoms with Crippen molar-refractivity contribution >= 4 is 110 Å². The van der Waals surface area contributed by atoms with Crippen LogP contribution in [0.5, 0.6) is 11.5 Å². The SMILES string of the molecule is CN1C(N)=N[C@](C)(c2c(F)ccc(NC(=O)c3ccc(F)cn3)c2F)CS1(=O)=O.COc1ccc(C(=O)Nc2ccc(F)c([C@]3(C)CS(=O)(=O)N(C)C(N)=N3)c2)nc1.COc1ccc(C(=O)Nc2ccc(F)c([C@]3(C)CS(=O)(=O)N(C)C(N)=N3)c2)nc1.Cc1cnc(C(=O)Nc2ccc(F)c([C@]3(C)CS(=O)(=O)N(C)C(N)=N3)c2)cn1. The van der Waals surface area contributed by atoms with Crippen LogP contribution in [0.4, 0.5) is 49.1 Å². The molecule has 4 aliphatic rings. The number of aryl methyl sites for hydroxylation is 1. The minimum atomic E-state index is -3.97. The van der Waals surface area contributed by atoms with E-state index in [9.17, 15) is 74.8 Å². The molecule has 45 heteroatoms. The molecule has 4 amide bonds. The lowest BCUT2D eigenvalue weighted by Gasteiger charge is -2.35. The minimum absolute atomic E-state index is 0.0000784. The molecule has 0 aliphatic carbocycles. The summed E-state index contributed by atoms with van der Waals surface area (Å²) < 4.78 is 198. The van der Waals surface area contributed by atoms with Gasteiger partial charge in [0.1, 0.15) is 85.5 Å². The predicted octanol–water partition coefficient (Wildman–Crippen LogP) is 5.11. The van der Waals surface area contributed by atoms with E-state index in [1.165, 1.54) is 143 Å². The van der Waals surface area contributed by atoms with E-state index < -0.39 is 161 Å². The fourth-order valence-corrected chi connectivity index (χ4v) is 17.4. The number of nitrogens with zero attached hydrogens (tertiary/aromatic N) is 13. The number of guanidine groups is 4. The Morgan fingerprint density at radius 2 is 0.704 bits per heavy atom. The summed E-state index contributed by atoms with van der Waals surface area (Å²) in [5, 5.41) is 10.0. The summed E-state index contributed by atoms with van der Waals surface area (Å²) in [6, 6.07) is 21.6. The molecule has 8 aromatic rings. The quantitative estimate of drug-likeness (QED) is 0.0655. The molecule has 0 fully saturated rings. The zero-order chi connectivity index (χ0) is 85.0. The number of benzene rings is 4. The second kappa shape index (κ2) is 33.2. The lowest BCUT2D eigenvalue weighted by Crippen LogP contribution is -2.50. The van der Waals surface area contributed by atoms with E-state index in [0.29, 0.717) is 17.2 Å². The lowest BCUT2D eigenvalue weighted by molar-refractivity contribution is 0.101. The molecule has 0 radical (unpaired) electrons. The van der Waals surface area contributed by atoms with E-state index in [1.807, 2.05) is 0 Å². The first-order valence-electron chi connectivity index (χ1n) is 33.4. The average molecular weight is 1680 g/mol. The molecule has 12 N–H and O–H groups in total. The highest BCUT2D eigenvalue weighted by Gasteiger charge is 2.47. The first kappa shape index (κ1) is 86.3.